The first-order chi connectivity index (χ1) is 12.6. The lowest BCUT2D eigenvalue weighted by Gasteiger charge is -2.10. The van der Waals surface area contributed by atoms with Gasteiger partial charge in [0.2, 0.25) is 0 Å². The van der Waals surface area contributed by atoms with Crippen molar-refractivity contribution in [2.75, 3.05) is 13.2 Å². The average Bonchev–Trinajstić information content (AvgIpc) is 3.15. The Morgan fingerprint density at radius 2 is 1.96 bits per heavy atom. The van der Waals surface area contributed by atoms with Gasteiger partial charge in [0.05, 0.1) is 12.3 Å². The molecule has 2 aromatic carbocycles. The van der Waals surface area contributed by atoms with Crippen molar-refractivity contribution in [2.45, 2.75) is 6.42 Å². The third-order valence-electron chi connectivity index (χ3n) is 3.80. The number of rotatable bonds is 5. The second-order valence-electron chi connectivity index (χ2n) is 5.68. The molecular weight excluding hydrogens is 352 g/mol. The van der Waals surface area contributed by atoms with Gasteiger partial charge in [0.25, 0.3) is 5.91 Å². The Morgan fingerprint density at radius 3 is 2.73 bits per heavy atom. The number of carbonyl (C=O) groups excluding carboxylic acids is 2. The molecule has 26 heavy (non-hydrogen) atoms. The standard InChI is InChI=1S/C20H17ClN2O3/c21-17-8-4-5-15(13-17)9-10-20(25)26-14-19(24)23-12-11-18(22-23)16-6-2-1-3-7-16/h1-10,13H,11-12,14H2/b10-9+. The number of amides is 1. The van der Waals surface area contributed by atoms with E-state index < -0.39 is 5.97 Å². The van der Waals surface area contributed by atoms with Gasteiger partial charge in [-0.2, -0.15) is 5.10 Å². The van der Waals surface area contributed by atoms with E-state index in [1.807, 2.05) is 36.4 Å². The molecule has 0 aromatic heterocycles. The van der Waals surface area contributed by atoms with Gasteiger partial charge in [-0.15, -0.1) is 0 Å². The van der Waals surface area contributed by atoms with Crippen LogP contribution in [0, 0.1) is 0 Å². The van der Waals surface area contributed by atoms with E-state index >= 15 is 0 Å². The second-order valence-corrected chi connectivity index (χ2v) is 6.11. The molecule has 2 aromatic rings. The van der Waals surface area contributed by atoms with Gasteiger partial charge in [0.15, 0.2) is 6.61 Å². The van der Waals surface area contributed by atoms with Crippen molar-refractivity contribution in [1.82, 2.24) is 5.01 Å². The molecule has 3 rings (SSSR count). The molecule has 0 saturated carbocycles. The third kappa shape index (κ3) is 4.80. The van der Waals surface area contributed by atoms with Crippen LogP contribution in [-0.4, -0.2) is 35.7 Å². The smallest absolute Gasteiger partial charge is 0.331 e. The minimum Gasteiger partial charge on any atom is -0.452 e. The highest BCUT2D eigenvalue weighted by Gasteiger charge is 2.22. The van der Waals surface area contributed by atoms with Crippen LogP contribution in [0.3, 0.4) is 0 Å². The molecule has 0 saturated heterocycles. The van der Waals surface area contributed by atoms with E-state index in [2.05, 4.69) is 5.10 Å². The molecule has 0 radical (unpaired) electrons. The molecule has 0 N–H and O–H groups in total. The molecule has 0 spiro atoms. The first kappa shape index (κ1) is 17.9. The van der Waals surface area contributed by atoms with Crippen LogP contribution in [0.2, 0.25) is 5.02 Å². The van der Waals surface area contributed by atoms with E-state index in [9.17, 15) is 9.59 Å². The Bertz CT molecular complexity index is 862. The molecule has 1 amide bonds. The lowest BCUT2D eigenvalue weighted by Crippen LogP contribution is -2.28. The maximum Gasteiger partial charge on any atom is 0.331 e. The van der Waals surface area contributed by atoms with Crippen LogP contribution in [0.5, 0.6) is 0 Å². The molecule has 0 aliphatic carbocycles. The number of hydrogen-bond acceptors (Lipinski definition) is 4. The van der Waals surface area contributed by atoms with Gasteiger partial charge in [0.1, 0.15) is 0 Å². The fourth-order valence-electron chi connectivity index (χ4n) is 2.50. The molecular formula is C20H17ClN2O3. The molecule has 0 fully saturated rings. The third-order valence-corrected chi connectivity index (χ3v) is 4.03. The fraction of sp³-hybridized carbons (Fsp3) is 0.150. The number of benzene rings is 2. The zero-order valence-electron chi connectivity index (χ0n) is 14.0. The summed E-state index contributed by atoms with van der Waals surface area (Å²) in [5, 5.41) is 6.24. The van der Waals surface area contributed by atoms with Crippen LogP contribution in [0.1, 0.15) is 17.5 Å². The number of esters is 1. The SMILES string of the molecule is O=C(/C=C/c1cccc(Cl)c1)OCC(=O)N1CCC(c2ccccc2)=N1. The summed E-state index contributed by atoms with van der Waals surface area (Å²) in [5.74, 6) is -0.940. The lowest BCUT2D eigenvalue weighted by atomic mass is 10.1. The van der Waals surface area contributed by atoms with Gasteiger partial charge in [-0.05, 0) is 29.3 Å². The summed E-state index contributed by atoms with van der Waals surface area (Å²) < 4.78 is 4.99. The monoisotopic (exact) mass is 368 g/mol. The van der Waals surface area contributed by atoms with Crippen LogP contribution < -0.4 is 0 Å². The highest BCUT2D eigenvalue weighted by Crippen LogP contribution is 2.14. The molecule has 1 heterocycles. The molecule has 132 valence electrons. The summed E-state index contributed by atoms with van der Waals surface area (Å²) in [6.45, 7) is 0.142. The van der Waals surface area contributed by atoms with Crippen molar-refractivity contribution in [2.24, 2.45) is 5.10 Å². The fourth-order valence-corrected chi connectivity index (χ4v) is 2.70. The Morgan fingerprint density at radius 1 is 1.15 bits per heavy atom. The van der Waals surface area contributed by atoms with Crippen molar-refractivity contribution in [3.63, 3.8) is 0 Å². The van der Waals surface area contributed by atoms with E-state index in [1.165, 1.54) is 11.1 Å². The van der Waals surface area contributed by atoms with Crippen LogP contribution in [-0.2, 0) is 14.3 Å². The van der Waals surface area contributed by atoms with Crippen molar-refractivity contribution < 1.29 is 14.3 Å². The summed E-state index contributed by atoms with van der Waals surface area (Å²) >= 11 is 5.88. The zero-order chi connectivity index (χ0) is 18.4. The van der Waals surface area contributed by atoms with Crippen molar-refractivity contribution >= 4 is 35.3 Å². The number of halogens is 1. The molecule has 5 nitrogen and oxygen atoms in total. The van der Waals surface area contributed by atoms with Crippen LogP contribution in [0.4, 0.5) is 0 Å². The summed E-state index contributed by atoms with van der Waals surface area (Å²) in [7, 11) is 0. The molecule has 1 aliphatic rings. The van der Waals surface area contributed by atoms with E-state index in [-0.39, 0.29) is 12.5 Å². The predicted octanol–water partition coefficient (Wildman–Crippen LogP) is 3.53. The van der Waals surface area contributed by atoms with Crippen LogP contribution in [0.15, 0.2) is 65.8 Å². The number of nitrogens with zero attached hydrogens (tertiary/aromatic N) is 2. The van der Waals surface area contributed by atoms with Crippen LogP contribution in [0.25, 0.3) is 6.08 Å². The largest absolute Gasteiger partial charge is 0.452 e. The van der Waals surface area contributed by atoms with Gasteiger partial charge in [-0.3, -0.25) is 4.79 Å². The number of ether oxygens (including phenoxy) is 1. The van der Waals surface area contributed by atoms with E-state index in [1.54, 1.807) is 24.3 Å². The average molecular weight is 369 g/mol. The number of hydrazone groups is 1. The normalized spacial score (nSPS) is 13.7. The van der Waals surface area contributed by atoms with Crippen LogP contribution >= 0.6 is 11.6 Å². The molecule has 1 aliphatic heterocycles. The summed E-state index contributed by atoms with van der Waals surface area (Å²) in [4.78, 5) is 23.9. The van der Waals surface area contributed by atoms with Crippen molar-refractivity contribution in [3.05, 3.63) is 76.8 Å². The minimum atomic E-state index is -0.593. The number of carbonyl (C=O) groups is 2. The topological polar surface area (TPSA) is 59.0 Å². The van der Waals surface area contributed by atoms with Gasteiger partial charge in [0, 0.05) is 17.5 Å². The molecule has 0 unspecified atom stereocenters. The highest BCUT2D eigenvalue weighted by atomic mass is 35.5. The Kier molecular flexibility index (Phi) is 5.81. The molecule has 0 bridgehead atoms. The highest BCUT2D eigenvalue weighted by molar-refractivity contribution is 6.30. The van der Waals surface area contributed by atoms with E-state index in [0.29, 0.717) is 18.0 Å². The Balaban J connectivity index is 1.51. The number of hydrogen-bond donors (Lipinski definition) is 0. The molecule has 6 heteroatoms. The van der Waals surface area contributed by atoms with Gasteiger partial charge < -0.3 is 4.74 Å². The predicted molar refractivity (Wildman–Crippen MR) is 101 cm³/mol. The Labute approximate surface area is 156 Å². The quantitative estimate of drug-likeness (QED) is 0.599. The van der Waals surface area contributed by atoms with E-state index in [0.717, 1.165) is 16.8 Å². The lowest BCUT2D eigenvalue weighted by molar-refractivity contribution is -0.147. The maximum absolute atomic E-state index is 12.1. The molecule has 0 atom stereocenters. The first-order valence-electron chi connectivity index (χ1n) is 8.15. The van der Waals surface area contributed by atoms with Crippen molar-refractivity contribution in [3.8, 4) is 0 Å². The summed E-state index contributed by atoms with van der Waals surface area (Å²) in [6.07, 6.45) is 3.53. The summed E-state index contributed by atoms with van der Waals surface area (Å²) in [5.41, 5.74) is 2.62. The summed E-state index contributed by atoms with van der Waals surface area (Å²) in [6, 6.07) is 16.8. The zero-order valence-corrected chi connectivity index (χ0v) is 14.7. The van der Waals surface area contributed by atoms with Gasteiger partial charge in [-0.1, -0.05) is 54.1 Å². The minimum absolute atomic E-state index is 0.343. The second kappa shape index (κ2) is 8.45. The Hall–Kier alpha value is -2.92. The van der Waals surface area contributed by atoms with E-state index in [4.69, 9.17) is 16.3 Å². The maximum atomic E-state index is 12.1. The first-order valence-corrected chi connectivity index (χ1v) is 8.53. The van der Waals surface area contributed by atoms with Gasteiger partial charge >= 0.3 is 5.97 Å². The van der Waals surface area contributed by atoms with Gasteiger partial charge in [-0.25, -0.2) is 9.80 Å². The van der Waals surface area contributed by atoms with Crippen molar-refractivity contribution in [1.29, 1.82) is 0 Å².